The number of rotatable bonds is 6. The highest BCUT2D eigenvalue weighted by Crippen LogP contribution is 2.55. The summed E-state index contributed by atoms with van der Waals surface area (Å²) in [5, 5.41) is 8.61. The molecule has 3 aromatic rings. The van der Waals surface area contributed by atoms with E-state index in [0.29, 0.717) is 18.8 Å². The van der Waals surface area contributed by atoms with E-state index in [-0.39, 0.29) is 17.2 Å². The Morgan fingerprint density at radius 3 is 2.93 bits per heavy atom. The third kappa shape index (κ3) is 3.16. The van der Waals surface area contributed by atoms with Gasteiger partial charge in [-0.25, -0.2) is 4.98 Å². The summed E-state index contributed by atoms with van der Waals surface area (Å²) in [5.41, 5.74) is 0.139. The van der Waals surface area contributed by atoms with Crippen LogP contribution < -0.4 is 0 Å². The van der Waals surface area contributed by atoms with Gasteiger partial charge in [0.25, 0.3) is 5.91 Å². The van der Waals surface area contributed by atoms with E-state index in [4.69, 9.17) is 4.42 Å². The minimum atomic E-state index is -0.0304. The predicted molar refractivity (Wildman–Crippen MR) is 105 cm³/mol. The Bertz CT molecular complexity index is 985. The molecule has 1 aliphatic carbocycles. The van der Waals surface area contributed by atoms with Crippen molar-refractivity contribution in [2.75, 3.05) is 13.1 Å². The van der Waals surface area contributed by atoms with Crippen LogP contribution in [0, 0.1) is 5.41 Å². The molecule has 0 radical (unpaired) electrons. The van der Waals surface area contributed by atoms with Crippen molar-refractivity contribution in [3.63, 3.8) is 0 Å². The lowest BCUT2D eigenvalue weighted by Gasteiger charge is -2.42. The molecule has 1 saturated heterocycles. The third-order valence-corrected chi connectivity index (χ3v) is 6.48. The van der Waals surface area contributed by atoms with Gasteiger partial charge in [-0.05, 0) is 36.8 Å². The van der Waals surface area contributed by atoms with Crippen molar-refractivity contribution < 1.29 is 9.21 Å². The van der Waals surface area contributed by atoms with E-state index in [2.05, 4.69) is 26.7 Å². The molecule has 1 saturated carbocycles. The van der Waals surface area contributed by atoms with Crippen LogP contribution in [0.4, 0.5) is 0 Å². The summed E-state index contributed by atoms with van der Waals surface area (Å²) in [7, 11) is 0. The van der Waals surface area contributed by atoms with Gasteiger partial charge in [0.15, 0.2) is 5.76 Å². The molecule has 5 rings (SSSR count). The van der Waals surface area contributed by atoms with Crippen molar-refractivity contribution in [2.24, 2.45) is 5.41 Å². The van der Waals surface area contributed by atoms with Crippen LogP contribution in [-0.4, -0.2) is 48.2 Å². The summed E-state index contributed by atoms with van der Waals surface area (Å²) >= 11 is 0. The van der Waals surface area contributed by atoms with Crippen LogP contribution in [-0.2, 0) is 13.1 Å². The van der Waals surface area contributed by atoms with Gasteiger partial charge in [0, 0.05) is 37.9 Å². The molecule has 1 atom stereocenters. The molecule has 2 aliphatic rings. The smallest absolute Gasteiger partial charge is 0.289 e. The number of nitrogens with zero attached hydrogens (tertiary/aromatic N) is 6. The summed E-state index contributed by atoms with van der Waals surface area (Å²) in [6, 6.07) is 3.66. The van der Waals surface area contributed by atoms with Crippen LogP contribution in [0.3, 0.4) is 0 Å². The molecule has 29 heavy (non-hydrogen) atoms. The molecular formula is C21H26N6O2. The zero-order valence-corrected chi connectivity index (χ0v) is 16.7. The van der Waals surface area contributed by atoms with Gasteiger partial charge < -0.3 is 18.5 Å². The Labute approximate surface area is 169 Å². The van der Waals surface area contributed by atoms with Gasteiger partial charge >= 0.3 is 0 Å². The number of furan rings is 1. The monoisotopic (exact) mass is 394 g/mol. The zero-order chi connectivity index (χ0) is 19.8. The molecular weight excluding hydrogens is 368 g/mol. The molecule has 0 N–H and O–H groups in total. The van der Waals surface area contributed by atoms with Crippen molar-refractivity contribution in [2.45, 2.75) is 51.6 Å². The molecule has 8 heteroatoms. The molecule has 0 bridgehead atoms. The topological polar surface area (TPSA) is 82.0 Å². The van der Waals surface area contributed by atoms with Crippen molar-refractivity contribution in [1.82, 2.24) is 29.2 Å². The van der Waals surface area contributed by atoms with Crippen LogP contribution >= 0.6 is 0 Å². The van der Waals surface area contributed by atoms with Gasteiger partial charge in [-0.2, -0.15) is 0 Å². The van der Waals surface area contributed by atoms with Gasteiger partial charge in [-0.15, -0.1) is 10.2 Å². The number of carbonyl (C=O) groups is 1. The first-order valence-corrected chi connectivity index (χ1v) is 10.4. The van der Waals surface area contributed by atoms with E-state index in [1.54, 1.807) is 18.6 Å². The number of aryl methyl sites for hydroxylation is 1. The fraction of sp³-hybridized carbons (Fsp3) is 0.524. The Morgan fingerprint density at radius 1 is 1.31 bits per heavy atom. The number of likely N-dealkylation sites (tertiary alicyclic amines) is 1. The first-order valence-electron chi connectivity index (χ1n) is 10.4. The maximum atomic E-state index is 13.2. The van der Waals surface area contributed by atoms with Crippen LogP contribution in [0.15, 0.2) is 41.6 Å². The normalized spacial score (nSPS) is 20.3. The maximum absolute atomic E-state index is 13.2. The number of imidazole rings is 1. The molecule has 4 heterocycles. The van der Waals surface area contributed by atoms with E-state index in [1.165, 1.54) is 6.42 Å². The van der Waals surface area contributed by atoms with Crippen LogP contribution in [0.25, 0.3) is 0 Å². The van der Waals surface area contributed by atoms with E-state index in [9.17, 15) is 4.79 Å². The Balaban J connectivity index is 1.35. The fourth-order valence-corrected chi connectivity index (χ4v) is 4.86. The average Bonchev–Trinajstić information content (AvgIpc) is 3.47. The minimum Gasteiger partial charge on any atom is -0.454 e. The Hall–Kier alpha value is -2.90. The Kier molecular flexibility index (Phi) is 4.49. The second kappa shape index (κ2) is 7.17. The fourth-order valence-electron chi connectivity index (χ4n) is 4.86. The largest absolute Gasteiger partial charge is 0.454 e. The minimum absolute atomic E-state index is 0.0304. The molecule has 1 spiro atoms. The first-order chi connectivity index (χ1) is 14.2. The second-order valence-corrected chi connectivity index (χ2v) is 8.34. The van der Waals surface area contributed by atoms with E-state index < -0.39 is 0 Å². The quantitative estimate of drug-likeness (QED) is 0.642. The molecule has 1 amide bonds. The average molecular weight is 394 g/mol. The SMILES string of the molecule is CCCn1cnnc1C1CN(C(=O)c2ccc(Cn3ccnc3)o2)CC12CCC2. The van der Waals surface area contributed by atoms with Gasteiger partial charge in [-0.1, -0.05) is 13.3 Å². The lowest BCUT2D eigenvalue weighted by Crippen LogP contribution is -2.38. The predicted octanol–water partition coefficient (Wildman–Crippen LogP) is 2.94. The number of hydrogen-bond acceptors (Lipinski definition) is 5. The van der Waals surface area contributed by atoms with Crippen molar-refractivity contribution in [3.05, 3.63) is 54.5 Å². The summed E-state index contributed by atoms with van der Waals surface area (Å²) < 4.78 is 9.95. The van der Waals surface area contributed by atoms with Gasteiger partial charge in [0.05, 0.1) is 12.9 Å². The Morgan fingerprint density at radius 2 is 2.21 bits per heavy atom. The number of hydrogen-bond donors (Lipinski definition) is 0. The van der Waals surface area contributed by atoms with Gasteiger partial charge in [-0.3, -0.25) is 4.79 Å². The molecule has 1 aliphatic heterocycles. The molecule has 3 aromatic heterocycles. The summed E-state index contributed by atoms with van der Waals surface area (Å²) in [6.45, 7) is 5.09. The highest BCUT2D eigenvalue weighted by molar-refractivity contribution is 5.92. The molecule has 8 nitrogen and oxygen atoms in total. The standard InChI is InChI=1S/C21H26N6O2/c1-2-9-26-15-23-24-19(26)17-12-27(13-21(17)6-3-7-21)20(28)18-5-4-16(29-18)11-25-10-8-22-14-25/h4-5,8,10,14-15,17H,2-3,6-7,9,11-13H2,1H3. The molecule has 152 valence electrons. The first kappa shape index (κ1) is 18.1. The highest BCUT2D eigenvalue weighted by atomic mass is 16.4. The van der Waals surface area contributed by atoms with Gasteiger partial charge in [0.2, 0.25) is 0 Å². The van der Waals surface area contributed by atoms with E-state index in [1.807, 2.05) is 28.1 Å². The van der Waals surface area contributed by atoms with Gasteiger partial charge in [0.1, 0.15) is 17.9 Å². The van der Waals surface area contributed by atoms with Crippen LogP contribution in [0.1, 0.15) is 60.7 Å². The van der Waals surface area contributed by atoms with Crippen molar-refractivity contribution in [3.8, 4) is 0 Å². The lowest BCUT2D eigenvalue weighted by molar-refractivity contribution is 0.0692. The number of aromatic nitrogens is 5. The highest BCUT2D eigenvalue weighted by Gasteiger charge is 2.53. The van der Waals surface area contributed by atoms with Crippen LogP contribution in [0.5, 0.6) is 0 Å². The van der Waals surface area contributed by atoms with Crippen molar-refractivity contribution in [1.29, 1.82) is 0 Å². The maximum Gasteiger partial charge on any atom is 0.289 e. The zero-order valence-electron chi connectivity index (χ0n) is 16.7. The summed E-state index contributed by atoms with van der Waals surface area (Å²) in [6.07, 6.45) is 11.7. The van der Waals surface area contributed by atoms with Crippen LogP contribution in [0.2, 0.25) is 0 Å². The molecule has 0 aromatic carbocycles. The van der Waals surface area contributed by atoms with E-state index in [0.717, 1.165) is 43.9 Å². The van der Waals surface area contributed by atoms with E-state index >= 15 is 0 Å². The lowest BCUT2D eigenvalue weighted by atomic mass is 9.62. The summed E-state index contributed by atoms with van der Waals surface area (Å²) in [5.74, 6) is 2.40. The third-order valence-electron chi connectivity index (χ3n) is 6.48. The molecule has 1 unspecified atom stereocenters. The number of carbonyl (C=O) groups excluding carboxylic acids is 1. The molecule has 2 fully saturated rings. The summed E-state index contributed by atoms with van der Waals surface area (Å²) in [4.78, 5) is 19.2. The number of amides is 1. The van der Waals surface area contributed by atoms with Crippen molar-refractivity contribution >= 4 is 5.91 Å². The second-order valence-electron chi connectivity index (χ2n) is 8.34.